The van der Waals surface area contributed by atoms with E-state index in [0.29, 0.717) is 5.69 Å². The van der Waals surface area contributed by atoms with Gasteiger partial charge < -0.3 is 5.32 Å². The molecule has 2 rings (SSSR count). The summed E-state index contributed by atoms with van der Waals surface area (Å²) in [6.07, 6.45) is 1.16. The van der Waals surface area contributed by atoms with Crippen LogP contribution >= 0.6 is 11.6 Å². The predicted octanol–water partition coefficient (Wildman–Crippen LogP) is 4.06. The normalized spacial score (nSPS) is 13.0. The Hall–Kier alpha value is -1.59. The van der Waals surface area contributed by atoms with Gasteiger partial charge in [-0.05, 0) is 36.8 Å². The fourth-order valence-electron chi connectivity index (χ4n) is 1.94. The minimum Gasteiger partial charge on any atom is -0.376 e. The summed E-state index contributed by atoms with van der Waals surface area (Å²) in [5.74, 6) is -0.501. The van der Waals surface area contributed by atoms with E-state index in [1.54, 1.807) is 24.3 Å². The molecule has 0 saturated carbocycles. The van der Waals surface area contributed by atoms with Crippen LogP contribution in [0.5, 0.6) is 0 Å². The van der Waals surface area contributed by atoms with Gasteiger partial charge in [-0.25, -0.2) is 12.8 Å². The maximum Gasteiger partial charge on any atom is 0.175 e. The molecule has 0 saturated heterocycles. The Bertz CT molecular complexity index is 745. The molecule has 0 aliphatic heterocycles. The molecule has 3 nitrogen and oxygen atoms in total. The van der Waals surface area contributed by atoms with Gasteiger partial charge in [-0.3, -0.25) is 0 Å². The number of sulfone groups is 1. The lowest BCUT2D eigenvalue weighted by Gasteiger charge is -2.17. The van der Waals surface area contributed by atoms with Crippen molar-refractivity contribution in [2.75, 3.05) is 11.6 Å². The average Bonchev–Trinajstić information content (AvgIpc) is 2.43. The second-order valence-corrected chi connectivity index (χ2v) is 7.23. The van der Waals surface area contributed by atoms with Crippen molar-refractivity contribution in [3.63, 3.8) is 0 Å². The SMILES string of the molecule is CC(Nc1cccc(Cl)c1F)c1ccc(S(C)(=O)=O)cc1. The molecule has 1 unspecified atom stereocenters. The minimum absolute atomic E-state index is 0.0552. The highest BCUT2D eigenvalue weighted by Gasteiger charge is 2.12. The Morgan fingerprint density at radius 1 is 1.14 bits per heavy atom. The lowest BCUT2D eigenvalue weighted by Crippen LogP contribution is -2.08. The highest BCUT2D eigenvalue weighted by Crippen LogP contribution is 2.26. The van der Waals surface area contributed by atoms with Crippen LogP contribution in [0.2, 0.25) is 5.02 Å². The molecule has 0 aliphatic carbocycles. The lowest BCUT2D eigenvalue weighted by atomic mass is 10.1. The number of rotatable bonds is 4. The summed E-state index contributed by atoms with van der Waals surface area (Å²) in [7, 11) is -3.21. The molecule has 0 aromatic heterocycles. The third-order valence-corrected chi connectivity index (χ3v) is 4.55. The van der Waals surface area contributed by atoms with E-state index in [4.69, 9.17) is 11.6 Å². The molecule has 0 fully saturated rings. The molecule has 2 aromatic rings. The quantitative estimate of drug-likeness (QED) is 0.921. The van der Waals surface area contributed by atoms with Crippen molar-refractivity contribution in [1.29, 1.82) is 0 Å². The summed E-state index contributed by atoms with van der Waals surface area (Å²) in [5.41, 5.74) is 1.16. The molecule has 112 valence electrons. The highest BCUT2D eigenvalue weighted by atomic mass is 35.5. The number of nitrogens with one attached hydrogen (secondary N) is 1. The molecule has 0 amide bonds. The number of hydrogen-bond acceptors (Lipinski definition) is 3. The maximum absolute atomic E-state index is 13.8. The summed E-state index contributed by atoms with van der Waals surface area (Å²) >= 11 is 5.73. The zero-order valence-electron chi connectivity index (χ0n) is 11.6. The van der Waals surface area contributed by atoms with E-state index in [1.807, 2.05) is 6.92 Å². The minimum atomic E-state index is -3.21. The number of benzene rings is 2. The van der Waals surface area contributed by atoms with Crippen molar-refractivity contribution >= 4 is 27.1 Å². The molecule has 0 bridgehead atoms. The van der Waals surface area contributed by atoms with Gasteiger partial charge in [-0.15, -0.1) is 0 Å². The van der Waals surface area contributed by atoms with Gasteiger partial charge in [-0.1, -0.05) is 29.8 Å². The molecule has 2 aromatic carbocycles. The van der Waals surface area contributed by atoms with Gasteiger partial charge in [0.25, 0.3) is 0 Å². The molecule has 0 heterocycles. The Morgan fingerprint density at radius 2 is 1.76 bits per heavy atom. The molecule has 21 heavy (non-hydrogen) atoms. The Kier molecular flexibility index (Phi) is 4.54. The smallest absolute Gasteiger partial charge is 0.175 e. The zero-order valence-corrected chi connectivity index (χ0v) is 13.2. The summed E-state index contributed by atoms with van der Waals surface area (Å²) < 4.78 is 36.6. The first-order valence-corrected chi connectivity index (χ1v) is 8.56. The molecule has 0 aliphatic rings. The van der Waals surface area contributed by atoms with Crippen molar-refractivity contribution in [2.24, 2.45) is 0 Å². The number of anilines is 1. The van der Waals surface area contributed by atoms with Crippen molar-refractivity contribution in [3.05, 3.63) is 58.9 Å². The standard InChI is InChI=1S/C15H15ClFNO2S/c1-10(18-14-5-3-4-13(16)15(14)17)11-6-8-12(9-7-11)21(2,19)20/h3-10,18H,1-2H3. The van der Waals surface area contributed by atoms with Crippen molar-refractivity contribution in [2.45, 2.75) is 17.9 Å². The first kappa shape index (κ1) is 15.8. The molecule has 0 spiro atoms. The fraction of sp³-hybridized carbons (Fsp3) is 0.200. The second kappa shape index (κ2) is 6.03. The Morgan fingerprint density at radius 3 is 2.33 bits per heavy atom. The van der Waals surface area contributed by atoms with E-state index in [-0.39, 0.29) is 16.0 Å². The van der Waals surface area contributed by atoms with Gasteiger partial charge in [0.1, 0.15) is 0 Å². The van der Waals surface area contributed by atoms with Crippen LogP contribution in [0.3, 0.4) is 0 Å². The van der Waals surface area contributed by atoms with Crippen molar-refractivity contribution in [1.82, 2.24) is 0 Å². The Balaban J connectivity index is 2.21. The van der Waals surface area contributed by atoms with E-state index < -0.39 is 15.7 Å². The van der Waals surface area contributed by atoms with Crippen molar-refractivity contribution in [3.8, 4) is 0 Å². The molecule has 1 atom stereocenters. The third kappa shape index (κ3) is 3.74. The number of halogens is 2. The van der Waals surface area contributed by atoms with Gasteiger partial charge >= 0.3 is 0 Å². The summed E-state index contributed by atoms with van der Waals surface area (Å²) in [4.78, 5) is 0.257. The molecule has 1 N–H and O–H groups in total. The van der Waals surface area contributed by atoms with E-state index >= 15 is 0 Å². The van der Waals surface area contributed by atoms with Gasteiger partial charge in [0.2, 0.25) is 0 Å². The van der Waals surface area contributed by atoms with Gasteiger partial charge in [0.15, 0.2) is 15.7 Å². The summed E-state index contributed by atoms with van der Waals surface area (Å²) in [6.45, 7) is 1.86. The third-order valence-electron chi connectivity index (χ3n) is 3.13. The van der Waals surface area contributed by atoms with Crippen molar-refractivity contribution < 1.29 is 12.8 Å². The maximum atomic E-state index is 13.8. The number of hydrogen-bond donors (Lipinski definition) is 1. The van der Waals surface area contributed by atoms with E-state index in [9.17, 15) is 12.8 Å². The largest absolute Gasteiger partial charge is 0.376 e. The summed E-state index contributed by atoms with van der Waals surface area (Å²) in [5, 5.41) is 3.07. The molecule has 0 radical (unpaired) electrons. The van der Waals surface area contributed by atoms with Crippen LogP contribution in [0, 0.1) is 5.82 Å². The van der Waals surface area contributed by atoms with Gasteiger partial charge in [0, 0.05) is 12.3 Å². The van der Waals surface area contributed by atoms with Crippen LogP contribution in [-0.4, -0.2) is 14.7 Å². The predicted molar refractivity (Wildman–Crippen MR) is 83.0 cm³/mol. The van der Waals surface area contributed by atoms with E-state index in [0.717, 1.165) is 11.8 Å². The summed E-state index contributed by atoms with van der Waals surface area (Å²) in [6, 6.07) is 11.0. The topological polar surface area (TPSA) is 46.2 Å². The van der Waals surface area contributed by atoms with Crippen LogP contribution in [-0.2, 0) is 9.84 Å². The lowest BCUT2D eigenvalue weighted by molar-refractivity contribution is 0.602. The van der Waals surface area contributed by atoms with E-state index in [2.05, 4.69) is 5.32 Å². The van der Waals surface area contributed by atoms with Gasteiger partial charge in [-0.2, -0.15) is 0 Å². The molecular formula is C15H15ClFNO2S. The molecule has 6 heteroatoms. The van der Waals surface area contributed by atoms with Gasteiger partial charge in [0.05, 0.1) is 15.6 Å². The van der Waals surface area contributed by atoms with E-state index in [1.165, 1.54) is 18.2 Å². The fourth-order valence-corrected chi connectivity index (χ4v) is 2.74. The second-order valence-electron chi connectivity index (χ2n) is 4.81. The highest BCUT2D eigenvalue weighted by molar-refractivity contribution is 7.90. The van der Waals surface area contributed by atoms with Crippen LogP contribution in [0.25, 0.3) is 0 Å². The monoisotopic (exact) mass is 327 g/mol. The van der Waals surface area contributed by atoms with Crippen LogP contribution in [0.1, 0.15) is 18.5 Å². The Labute approximate surface area is 128 Å². The van der Waals surface area contributed by atoms with Crippen LogP contribution < -0.4 is 5.32 Å². The molecular weight excluding hydrogens is 313 g/mol. The van der Waals surface area contributed by atoms with Crippen LogP contribution in [0.4, 0.5) is 10.1 Å². The first-order valence-electron chi connectivity index (χ1n) is 6.29. The van der Waals surface area contributed by atoms with Crippen LogP contribution in [0.15, 0.2) is 47.4 Å². The average molecular weight is 328 g/mol. The first-order chi connectivity index (χ1) is 9.79. The zero-order chi connectivity index (χ0) is 15.6.